The number of hydrogen-bond acceptors (Lipinski definition) is 4. The van der Waals surface area contributed by atoms with E-state index in [-0.39, 0.29) is 11.4 Å². The number of imidazole rings is 1. The minimum atomic E-state index is 0.0554. The van der Waals surface area contributed by atoms with Crippen molar-refractivity contribution in [1.82, 2.24) is 19.8 Å². The van der Waals surface area contributed by atoms with E-state index in [0.29, 0.717) is 11.6 Å². The number of H-pyrrole nitrogens is 1. The van der Waals surface area contributed by atoms with Gasteiger partial charge in [0.1, 0.15) is 11.5 Å². The molecule has 20 heavy (non-hydrogen) atoms. The summed E-state index contributed by atoms with van der Waals surface area (Å²) >= 11 is 0. The quantitative estimate of drug-likeness (QED) is 0.875. The van der Waals surface area contributed by atoms with Gasteiger partial charge in [0.25, 0.3) is 5.91 Å². The van der Waals surface area contributed by atoms with Gasteiger partial charge < -0.3 is 14.6 Å². The predicted molar refractivity (Wildman–Crippen MR) is 74.6 cm³/mol. The van der Waals surface area contributed by atoms with Gasteiger partial charge >= 0.3 is 0 Å². The van der Waals surface area contributed by atoms with E-state index in [0.717, 1.165) is 38.5 Å². The van der Waals surface area contributed by atoms with Crippen LogP contribution in [0, 0.1) is 12.8 Å². The molecule has 2 saturated heterocycles. The number of likely N-dealkylation sites (tertiary alicyclic amines) is 2. The Kier molecular flexibility index (Phi) is 3.30. The highest BCUT2D eigenvalue weighted by atomic mass is 16.5. The Morgan fingerprint density at radius 3 is 2.95 bits per heavy atom. The van der Waals surface area contributed by atoms with Crippen LogP contribution in [0.15, 0.2) is 6.20 Å². The Labute approximate surface area is 119 Å². The lowest BCUT2D eigenvalue weighted by atomic mass is 9.84. The van der Waals surface area contributed by atoms with Crippen molar-refractivity contribution in [2.75, 3.05) is 40.4 Å². The molecule has 0 radical (unpaired) electrons. The van der Waals surface area contributed by atoms with Crippen molar-refractivity contribution in [1.29, 1.82) is 0 Å². The molecule has 3 heterocycles. The molecule has 0 bridgehead atoms. The van der Waals surface area contributed by atoms with Crippen LogP contribution in [0.4, 0.5) is 0 Å². The molecule has 2 aliphatic rings. The van der Waals surface area contributed by atoms with Crippen LogP contribution in [0.25, 0.3) is 0 Å². The van der Waals surface area contributed by atoms with Gasteiger partial charge in [0, 0.05) is 26.7 Å². The molecule has 1 amide bonds. The first kappa shape index (κ1) is 13.6. The maximum atomic E-state index is 12.3. The Bertz CT molecular complexity index is 507. The average molecular weight is 278 g/mol. The molecule has 1 aromatic heterocycles. The highest BCUT2D eigenvalue weighted by Crippen LogP contribution is 2.39. The summed E-state index contributed by atoms with van der Waals surface area (Å²) in [5.41, 5.74) is 0.750. The van der Waals surface area contributed by atoms with Gasteiger partial charge in [-0.05, 0) is 26.3 Å². The van der Waals surface area contributed by atoms with Crippen LogP contribution >= 0.6 is 0 Å². The summed E-state index contributed by atoms with van der Waals surface area (Å²) in [5, 5.41) is 0. The summed E-state index contributed by atoms with van der Waals surface area (Å²) in [4.78, 5) is 23.7. The third-order valence-electron chi connectivity index (χ3n) is 4.60. The number of methoxy groups -OCH3 is 1. The lowest BCUT2D eigenvalue weighted by molar-refractivity contribution is -0.00818. The van der Waals surface area contributed by atoms with E-state index in [9.17, 15) is 4.79 Å². The predicted octanol–water partition coefficient (Wildman–Crippen LogP) is 0.511. The van der Waals surface area contributed by atoms with Gasteiger partial charge in [0.15, 0.2) is 0 Å². The molecular formula is C14H22N4O2. The number of carbonyl (C=O) groups is 1. The Morgan fingerprint density at radius 1 is 1.60 bits per heavy atom. The van der Waals surface area contributed by atoms with Crippen LogP contribution in [-0.4, -0.2) is 71.6 Å². The van der Waals surface area contributed by atoms with Gasteiger partial charge in [0.2, 0.25) is 0 Å². The zero-order valence-electron chi connectivity index (χ0n) is 12.3. The Balaban J connectivity index is 1.62. The van der Waals surface area contributed by atoms with E-state index in [4.69, 9.17) is 4.74 Å². The standard InChI is InChI=1S/C14H22N4O2/c1-10-15-5-12(16-10)13(19)18-8-14(9-18)4-11(7-20-3)6-17(14)2/h5,11H,4,6-9H2,1-3H3,(H,15,16)/t11-/m1/s1. The molecule has 3 rings (SSSR count). The largest absolute Gasteiger partial charge is 0.384 e. The normalized spacial score (nSPS) is 25.1. The third kappa shape index (κ3) is 2.13. The third-order valence-corrected chi connectivity index (χ3v) is 4.60. The van der Waals surface area contributed by atoms with Gasteiger partial charge in [-0.3, -0.25) is 9.69 Å². The first-order valence-electron chi connectivity index (χ1n) is 7.05. The van der Waals surface area contributed by atoms with E-state index in [2.05, 4.69) is 21.9 Å². The summed E-state index contributed by atoms with van der Waals surface area (Å²) in [5.74, 6) is 1.41. The summed E-state index contributed by atoms with van der Waals surface area (Å²) in [6.45, 7) is 5.33. The van der Waals surface area contributed by atoms with Crippen LogP contribution in [0.2, 0.25) is 0 Å². The summed E-state index contributed by atoms with van der Waals surface area (Å²) < 4.78 is 5.26. The van der Waals surface area contributed by atoms with Crippen molar-refractivity contribution in [2.45, 2.75) is 18.9 Å². The molecule has 1 N–H and O–H groups in total. The summed E-state index contributed by atoms with van der Waals surface area (Å²) in [6.07, 6.45) is 2.73. The molecule has 0 aliphatic carbocycles. The zero-order chi connectivity index (χ0) is 14.3. The zero-order valence-corrected chi connectivity index (χ0v) is 12.3. The molecule has 0 aromatic carbocycles. The number of likely N-dealkylation sites (N-methyl/N-ethyl adjacent to an activating group) is 1. The second kappa shape index (κ2) is 4.86. The molecule has 0 unspecified atom stereocenters. The number of carbonyl (C=O) groups excluding carboxylic acids is 1. The maximum Gasteiger partial charge on any atom is 0.272 e. The fourth-order valence-electron chi connectivity index (χ4n) is 3.56. The molecule has 2 fully saturated rings. The van der Waals surface area contributed by atoms with Crippen LogP contribution < -0.4 is 0 Å². The van der Waals surface area contributed by atoms with Gasteiger partial charge in [-0.1, -0.05) is 0 Å². The second-order valence-electron chi connectivity index (χ2n) is 6.17. The first-order valence-corrected chi connectivity index (χ1v) is 7.05. The highest BCUT2D eigenvalue weighted by Gasteiger charge is 2.53. The molecule has 6 nitrogen and oxygen atoms in total. The van der Waals surface area contributed by atoms with Gasteiger partial charge in [-0.2, -0.15) is 0 Å². The maximum absolute atomic E-state index is 12.3. The molecule has 1 spiro atoms. The monoisotopic (exact) mass is 278 g/mol. The van der Waals surface area contributed by atoms with Crippen LogP contribution in [-0.2, 0) is 4.74 Å². The van der Waals surface area contributed by atoms with E-state index in [1.54, 1.807) is 13.3 Å². The van der Waals surface area contributed by atoms with E-state index < -0.39 is 0 Å². The minimum Gasteiger partial charge on any atom is -0.384 e. The van der Waals surface area contributed by atoms with E-state index in [1.807, 2.05) is 11.8 Å². The van der Waals surface area contributed by atoms with Crippen molar-refractivity contribution >= 4 is 5.91 Å². The van der Waals surface area contributed by atoms with Crippen molar-refractivity contribution < 1.29 is 9.53 Å². The van der Waals surface area contributed by atoms with Crippen LogP contribution in [0.1, 0.15) is 22.7 Å². The molecule has 110 valence electrons. The van der Waals surface area contributed by atoms with Gasteiger partial charge in [-0.25, -0.2) is 4.98 Å². The number of amides is 1. The number of aryl methyl sites for hydroxylation is 1. The summed E-state index contributed by atoms with van der Waals surface area (Å²) in [6, 6.07) is 0. The van der Waals surface area contributed by atoms with Gasteiger partial charge in [0.05, 0.1) is 18.3 Å². The Morgan fingerprint density at radius 2 is 2.35 bits per heavy atom. The highest BCUT2D eigenvalue weighted by molar-refractivity contribution is 5.93. The smallest absolute Gasteiger partial charge is 0.272 e. The topological polar surface area (TPSA) is 61.5 Å². The summed E-state index contributed by atoms with van der Waals surface area (Å²) in [7, 11) is 3.90. The van der Waals surface area contributed by atoms with Crippen molar-refractivity contribution in [3.05, 3.63) is 17.7 Å². The SMILES string of the molecule is COC[C@H]1CN(C)C2(C1)CN(C(=O)c1cnc(C)[nH]1)C2. The van der Waals surface area contributed by atoms with Gasteiger partial charge in [-0.15, -0.1) is 0 Å². The lowest BCUT2D eigenvalue weighted by Gasteiger charge is -2.51. The fraction of sp³-hybridized carbons (Fsp3) is 0.714. The molecule has 1 atom stereocenters. The Hall–Kier alpha value is -1.40. The number of aromatic amines is 1. The number of ether oxygens (including phenoxy) is 1. The number of rotatable bonds is 3. The van der Waals surface area contributed by atoms with Crippen LogP contribution in [0.3, 0.4) is 0 Å². The number of nitrogens with one attached hydrogen (secondary N) is 1. The second-order valence-corrected chi connectivity index (χ2v) is 6.17. The number of hydrogen-bond donors (Lipinski definition) is 1. The van der Waals surface area contributed by atoms with E-state index in [1.165, 1.54) is 0 Å². The molecule has 0 saturated carbocycles. The van der Waals surface area contributed by atoms with Crippen molar-refractivity contribution in [3.8, 4) is 0 Å². The average Bonchev–Trinajstić information content (AvgIpc) is 2.91. The fourth-order valence-corrected chi connectivity index (χ4v) is 3.56. The molecule has 1 aromatic rings. The van der Waals surface area contributed by atoms with Crippen LogP contribution in [0.5, 0.6) is 0 Å². The first-order chi connectivity index (χ1) is 9.54. The molecule has 6 heteroatoms. The van der Waals surface area contributed by atoms with E-state index >= 15 is 0 Å². The molecular weight excluding hydrogens is 256 g/mol. The van der Waals surface area contributed by atoms with Crippen molar-refractivity contribution in [2.24, 2.45) is 5.92 Å². The number of nitrogens with zero attached hydrogens (tertiary/aromatic N) is 3. The lowest BCUT2D eigenvalue weighted by Crippen LogP contribution is -2.68. The molecule has 2 aliphatic heterocycles. The number of aromatic nitrogens is 2. The van der Waals surface area contributed by atoms with Crippen molar-refractivity contribution in [3.63, 3.8) is 0 Å². The minimum absolute atomic E-state index is 0.0554.